The Morgan fingerprint density at radius 1 is 1.40 bits per heavy atom. The first kappa shape index (κ1) is 13.1. The predicted octanol–water partition coefficient (Wildman–Crippen LogP) is 3.08. The summed E-state index contributed by atoms with van der Waals surface area (Å²) in [6, 6.07) is 4.81. The molecule has 0 atom stereocenters. The first-order valence-corrected chi connectivity index (χ1v) is 7.32. The topological polar surface area (TPSA) is 46.2 Å². The molecular formula is C8H8BrCl2NO2S. The van der Waals surface area contributed by atoms with Crippen molar-refractivity contribution in [3.8, 4) is 0 Å². The van der Waals surface area contributed by atoms with E-state index in [1.54, 1.807) is 12.1 Å². The van der Waals surface area contributed by atoms with Crippen molar-refractivity contribution in [2.24, 2.45) is 0 Å². The number of rotatable bonds is 4. The van der Waals surface area contributed by atoms with Crippen LogP contribution in [-0.2, 0) is 10.0 Å². The number of benzene rings is 1. The van der Waals surface area contributed by atoms with Gasteiger partial charge in [-0.15, -0.1) is 11.6 Å². The lowest BCUT2D eigenvalue weighted by Crippen LogP contribution is -2.17. The molecule has 1 aromatic rings. The van der Waals surface area contributed by atoms with Crippen LogP contribution in [0.5, 0.6) is 0 Å². The minimum absolute atomic E-state index is 0.0552. The van der Waals surface area contributed by atoms with Gasteiger partial charge < -0.3 is 0 Å². The SMILES string of the molecule is O=S(=O)(CCCl)Nc1ccc(Br)c(Cl)c1. The van der Waals surface area contributed by atoms with Crippen LogP contribution < -0.4 is 4.72 Å². The number of sulfonamides is 1. The first-order valence-electron chi connectivity index (χ1n) is 3.96. The molecule has 0 saturated heterocycles. The molecule has 0 spiro atoms. The van der Waals surface area contributed by atoms with Gasteiger partial charge in [0.1, 0.15) is 0 Å². The summed E-state index contributed by atoms with van der Waals surface area (Å²) >= 11 is 14.4. The van der Waals surface area contributed by atoms with Crippen LogP contribution in [-0.4, -0.2) is 20.1 Å². The maximum absolute atomic E-state index is 11.3. The fourth-order valence-electron chi connectivity index (χ4n) is 0.892. The summed E-state index contributed by atoms with van der Waals surface area (Å²) in [6.07, 6.45) is 0. The van der Waals surface area contributed by atoms with Gasteiger partial charge in [-0.2, -0.15) is 0 Å². The zero-order valence-electron chi connectivity index (χ0n) is 7.50. The number of hydrogen-bond donors (Lipinski definition) is 1. The Kier molecular flexibility index (Phi) is 4.70. The molecule has 15 heavy (non-hydrogen) atoms. The zero-order valence-corrected chi connectivity index (χ0v) is 11.4. The summed E-state index contributed by atoms with van der Waals surface area (Å²) in [7, 11) is -3.37. The third-order valence-electron chi connectivity index (χ3n) is 1.54. The largest absolute Gasteiger partial charge is 0.283 e. The van der Waals surface area contributed by atoms with Crippen molar-refractivity contribution in [3.63, 3.8) is 0 Å². The molecule has 3 nitrogen and oxygen atoms in total. The Morgan fingerprint density at radius 3 is 2.60 bits per heavy atom. The number of nitrogens with one attached hydrogen (secondary N) is 1. The van der Waals surface area contributed by atoms with Crippen LogP contribution in [0.3, 0.4) is 0 Å². The summed E-state index contributed by atoms with van der Waals surface area (Å²) in [5.74, 6) is -0.0676. The fraction of sp³-hybridized carbons (Fsp3) is 0.250. The molecule has 0 aliphatic heterocycles. The molecule has 0 aliphatic rings. The molecule has 0 fully saturated rings. The van der Waals surface area contributed by atoms with E-state index in [9.17, 15) is 8.42 Å². The summed E-state index contributed by atoms with van der Waals surface area (Å²) in [4.78, 5) is 0. The van der Waals surface area contributed by atoms with Crippen LogP contribution in [0, 0.1) is 0 Å². The second-order valence-electron chi connectivity index (χ2n) is 2.74. The Hall–Kier alpha value is 0.0300. The maximum atomic E-state index is 11.3. The summed E-state index contributed by atoms with van der Waals surface area (Å²) < 4.78 is 25.8. The van der Waals surface area contributed by atoms with Crippen LogP contribution in [0.4, 0.5) is 5.69 Å². The third-order valence-corrected chi connectivity index (χ3v) is 4.47. The van der Waals surface area contributed by atoms with E-state index in [2.05, 4.69) is 20.7 Å². The number of hydrogen-bond acceptors (Lipinski definition) is 2. The number of alkyl halides is 1. The molecule has 1 N–H and O–H groups in total. The van der Waals surface area contributed by atoms with Gasteiger partial charge in [0, 0.05) is 10.4 Å². The highest BCUT2D eigenvalue weighted by molar-refractivity contribution is 9.10. The van der Waals surface area contributed by atoms with Crippen LogP contribution in [0.1, 0.15) is 0 Å². The minimum Gasteiger partial charge on any atom is -0.283 e. The highest BCUT2D eigenvalue weighted by atomic mass is 79.9. The van der Waals surface area contributed by atoms with E-state index in [1.807, 2.05) is 0 Å². The van der Waals surface area contributed by atoms with Gasteiger partial charge in [-0.1, -0.05) is 11.6 Å². The third kappa shape index (κ3) is 4.18. The molecular weight excluding hydrogens is 325 g/mol. The quantitative estimate of drug-likeness (QED) is 0.861. The Balaban J connectivity index is 2.86. The molecule has 0 unspecified atom stereocenters. The van der Waals surface area contributed by atoms with E-state index in [1.165, 1.54) is 6.07 Å². The van der Waals surface area contributed by atoms with Crippen LogP contribution >= 0.6 is 39.1 Å². The number of halogens is 3. The molecule has 1 rings (SSSR count). The average molecular weight is 333 g/mol. The van der Waals surface area contributed by atoms with Gasteiger partial charge in [-0.3, -0.25) is 4.72 Å². The van der Waals surface area contributed by atoms with Crippen molar-refractivity contribution in [2.75, 3.05) is 16.4 Å². The van der Waals surface area contributed by atoms with Crippen molar-refractivity contribution in [1.82, 2.24) is 0 Å². The first-order chi connectivity index (χ1) is 6.94. The second kappa shape index (κ2) is 5.39. The minimum atomic E-state index is -3.37. The fourth-order valence-corrected chi connectivity index (χ4v) is 2.72. The van der Waals surface area contributed by atoms with E-state index in [0.29, 0.717) is 15.2 Å². The monoisotopic (exact) mass is 331 g/mol. The second-order valence-corrected chi connectivity index (χ2v) is 6.22. The van der Waals surface area contributed by atoms with Crippen molar-refractivity contribution in [2.45, 2.75) is 0 Å². The van der Waals surface area contributed by atoms with Crippen LogP contribution in [0.2, 0.25) is 5.02 Å². The summed E-state index contributed by atoms with van der Waals surface area (Å²) in [5.41, 5.74) is 0.424. The maximum Gasteiger partial charge on any atom is 0.233 e. The van der Waals surface area contributed by atoms with Gasteiger partial charge >= 0.3 is 0 Å². The normalized spacial score (nSPS) is 11.4. The lowest BCUT2D eigenvalue weighted by atomic mass is 10.3. The van der Waals surface area contributed by atoms with E-state index in [4.69, 9.17) is 23.2 Å². The predicted molar refractivity (Wildman–Crippen MR) is 67.3 cm³/mol. The van der Waals surface area contributed by atoms with Crippen molar-refractivity contribution in [1.29, 1.82) is 0 Å². The molecule has 0 amide bonds. The van der Waals surface area contributed by atoms with E-state index in [-0.39, 0.29) is 11.6 Å². The average Bonchev–Trinajstić information content (AvgIpc) is 2.10. The lowest BCUT2D eigenvalue weighted by Gasteiger charge is -2.07. The lowest BCUT2D eigenvalue weighted by molar-refractivity contribution is 0.602. The molecule has 0 aliphatic carbocycles. The number of anilines is 1. The van der Waals surface area contributed by atoms with E-state index < -0.39 is 10.0 Å². The highest BCUT2D eigenvalue weighted by Gasteiger charge is 2.09. The summed E-state index contributed by atoms with van der Waals surface area (Å²) in [6.45, 7) is 0. The molecule has 0 heterocycles. The smallest absolute Gasteiger partial charge is 0.233 e. The van der Waals surface area contributed by atoms with Crippen LogP contribution in [0.15, 0.2) is 22.7 Å². The van der Waals surface area contributed by atoms with Gasteiger partial charge in [0.05, 0.1) is 16.5 Å². The molecule has 0 radical (unpaired) electrons. The van der Waals surface area contributed by atoms with Gasteiger partial charge in [0.2, 0.25) is 10.0 Å². The summed E-state index contributed by atoms with van der Waals surface area (Å²) in [5, 5.41) is 0.445. The molecule has 84 valence electrons. The molecule has 0 saturated carbocycles. The molecule has 1 aromatic carbocycles. The molecule has 0 bridgehead atoms. The zero-order chi connectivity index (χ0) is 11.5. The van der Waals surface area contributed by atoms with Crippen molar-refractivity contribution < 1.29 is 8.42 Å². The van der Waals surface area contributed by atoms with Crippen molar-refractivity contribution >= 4 is 54.8 Å². The van der Waals surface area contributed by atoms with Gasteiger partial charge in [-0.05, 0) is 34.1 Å². The highest BCUT2D eigenvalue weighted by Crippen LogP contribution is 2.25. The van der Waals surface area contributed by atoms with Gasteiger partial charge in [0.15, 0.2) is 0 Å². The molecule has 7 heteroatoms. The Morgan fingerprint density at radius 2 is 2.07 bits per heavy atom. The van der Waals surface area contributed by atoms with E-state index >= 15 is 0 Å². The molecule has 0 aromatic heterocycles. The van der Waals surface area contributed by atoms with E-state index in [0.717, 1.165) is 0 Å². The Bertz CT molecular complexity index is 450. The Labute approximate surface area is 107 Å². The van der Waals surface area contributed by atoms with Crippen molar-refractivity contribution in [3.05, 3.63) is 27.7 Å². The standard InChI is InChI=1S/C8H8BrCl2NO2S/c9-7-2-1-6(5-8(7)11)12-15(13,14)4-3-10/h1-2,5,12H,3-4H2. The van der Waals surface area contributed by atoms with Crippen LogP contribution in [0.25, 0.3) is 0 Å². The van der Waals surface area contributed by atoms with Gasteiger partial charge in [-0.25, -0.2) is 8.42 Å². The van der Waals surface area contributed by atoms with Gasteiger partial charge in [0.25, 0.3) is 0 Å².